The number of nitro groups is 1. The third-order valence-corrected chi connectivity index (χ3v) is 2.65. The normalized spacial score (nSPS) is 10.5. The lowest BCUT2D eigenvalue weighted by Crippen LogP contribution is -2.02. The van der Waals surface area contributed by atoms with E-state index in [4.69, 9.17) is 5.11 Å². The van der Waals surface area contributed by atoms with Crippen LogP contribution in [0.1, 0.15) is 15.9 Å². The number of anilines is 1. The number of carboxylic acid groups (broad SMARTS) is 1. The molecule has 0 aliphatic heterocycles. The number of carboxylic acids is 1. The minimum atomic E-state index is -1.05. The van der Waals surface area contributed by atoms with Gasteiger partial charge in [-0.15, -0.1) is 0 Å². The van der Waals surface area contributed by atoms with Crippen LogP contribution in [0.15, 0.2) is 53.6 Å². The van der Waals surface area contributed by atoms with Gasteiger partial charge in [0.05, 0.1) is 22.4 Å². The van der Waals surface area contributed by atoms with E-state index < -0.39 is 10.9 Å². The summed E-state index contributed by atoms with van der Waals surface area (Å²) in [6.07, 6.45) is 1.35. The summed E-state index contributed by atoms with van der Waals surface area (Å²) < 4.78 is 0. The third-order valence-electron chi connectivity index (χ3n) is 2.65. The van der Waals surface area contributed by atoms with Gasteiger partial charge in [-0.05, 0) is 12.1 Å². The van der Waals surface area contributed by atoms with E-state index in [1.165, 1.54) is 30.5 Å². The van der Waals surface area contributed by atoms with E-state index in [1.807, 2.05) is 0 Å². The maximum Gasteiger partial charge on any atom is 0.336 e. The fourth-order valence-corrected chi connectivity index (χ4v) is 1.67. The highest BCUT2D eigenvalue weighted by atomic mass is 16.6. The van der Waals surface area contributed by atoms with Crippen molar-refractivity contribution in [2.24, 2.45) is 5.10 Å². The Morgan fingerprint density at radius 3 is 2.71 bits per heavy atom. The molecule has 0 unspecified atom stereocenters. The molecule has 0 saturated heterocycles. The summed E-state index contributed by atoms with van der Waals surface area (Å²) in [6, 6.07) is 12.2. The quantitative estimate of drug-likeness (QED) is 0.499. The zero-order valence-corrected chi connectivity index (χ0v) is 10.8. The number of carbonyl (C=O) groups is 1. The minimum Gasteiger partial charge on any atom is -0.478 e. The first-order chi connectivity index (χ1) is 10.1. The largest absolute Gasteiger partial charge is 0.478 e. The Morgan fingerprint density at radius 2 is 2.00 bits per heavy atom. The van der Waals surface area contributed by atoms with Crippen LogP contribution in [0.5, 0.6) is 0 Å². The number of rotatable bonds is 5. The summed E-state index contributed by atoms with van der Waals surface area (Å²) in [5.41, 5.74) is 3.57. The maximum atomic E-state index is 11.0. The lowest BCUT2D eigenvalue weighted by Gasteiger charge is -2.01. The predicted octanol–water partition coefficient (Wildman–Crippen LogP) is 2.74. The number of nitro benzene ring substituents is 1. The zero-order valence-electron chi connectivity index (χ0n) is 10.8. The van der Waals surface area contributed by atoms with Crippen molar-refractivity contribution >= 4 is 23.6 Å². The number of non-ortho nitro benzene ring substituents is 1. The standard InChI is InChI=1S/C14H11N3O4/c18-14(19)13-7-2-1-4-10(13)9-15-16-11-5-3-6-12(8-11)17(20)21/h1-9,16H,(H,18,19). The topological polar surface area (TPSA) is 105 Å². The van der Waals surface area contributed by atoms with Crippen LogP contribution in [0.2, 0.25) is 0 Å². The highest BCUT2D eigenvalue weighted by Crippen LogP contribution is 2.17. The van der Waals surface area contributed by atoms with Crippen LogP contribution in [-0.4, -0.2) is 22.2 Å². The Bertz CT molecular complexity index is 713. The molecular formula is C14H11N3O4. The van der Waals surface area contributed by atoms with Crippen molar-refractivity contribution in [3.63, 3.8) is 0 Å². The van der Waals surface area contributed by atoms with E-state index >= 15 is 0 Å². The van der Waals surface area contributed by atoms with Gasteiger partial charge in [-0.3, -0.25) is 15.5 Å². The lowest BCUT2D eigenvalue weighted by atomic mass is 10.1. The van der Waals surface area contributed by atoms with Gasteiger partial charge in [-0.2, -0.15) is 5.10 Å². The van der Waals surface area contributed by atoms with E-state index in [9.17, 15) is 14.9 Å². The molecule has 0 heterocycles. The highest BCUT2D eigenvalue weighted by Gasteiger charge is 2.07. The number of nitrogens with one attached hydrogen (secondary N) is 1. The fraction of sp³-hybridized carbons (Fsp3) is 0. The number of hydrogen-bond acceptors (Lipinski definition) is 5. The molecule has 0 spiro atoms. The molecule has 21 heavy (non-hydrogen) atoms. The number of benzene rings is 2. The van der Waals surface area contributed by atoms with Crippen LogP contribution in [0.3, 0.4) is 0 Å². The Morgan fingerprint density at radius 1 is 1.24 bits per heavy atom. The second kappa shape index (κ2) is 6.29. The molecule has 7 heteroatoms. The molecule has 0 atom stereocenters. The van der Waals surface area contributed by atoms with Gasteiger partial charge < -0.3 is 5.11 Å². The molecule has 0 saturated carbocycles. The lowest BCUT2D eigenvalue weighted by molar-refractivity contribution is -0.384. The maximum absolute atomic E-state index is 11.0. The molecule has 2 rings (SSSR count). The van der Waals surface area contributed by atoms with Crippen molar-refractivity contribution in [3.05, 3.63) is 69.8 Å². The molecular weight excluding hydrogens is 274 g/mol. The van der Waals surface area contributed by atoms with Crippen LogP contribution in [0.4, 0.5) is 11.4 Å². The molecule has 0 aromatic heterocycles. The monoisotopic (exact) mass is 285 g/mol. The molecule has 2 aromatic rings. The second-order valence-corrected chi connectivity index (χ2v) is 4.07. The van der Waals surface area contributed by atoms with Gasteiger partial charge in [0.1, 0.15) is 0 Å². The first-order valence-electron chi connectivity index (χ1n) is 5.94. The zero-order chi connectivity index (χ0) is 15.2. The number of aromatic carboxylic acids is 1. The first-order valence-corrected chi connectivity index (χ1v) is 5.94. The summed E-state index contributed by atoms with van der Waals surface area (Å²) in [6.45, 7) is 0. The Hall–Kier alpha value is -3.22. The van der Waals surface area contributed by atoms with Crippen molar-refractivity contribution < 1.29 is 14.8 Å². The SMILES string of the molecule is O=C(O)c1ccccc1C=NNc1cccc([N+](=O)[O-])c1. The average molecular weight is 285 g/mol. The van der Waals surface area contributed by atoms with Gasteiger partial charge in [-0.1, -0.05) is 24.3 Å². The second-order valence-electron chi connectivity index (χ2n) is 4.07. The van der Waals surface area contributed by atoms with E-state index in [2.05, 4.69) is 10.5 Å². The number of hydrogen-bond donors (Lipinski definition) is 2. The van der Waals surface area contributed by atoms with E-state index in [0.29, 0.717) is 11.3 Å². The smallest absolute Gasteiger partial charge is 0.336 e. The molecule has 2 aromatic carbocycles. The average Bonchev–Trinajstić information content (AvgIpc) is 2.48. The van der Waals surface area contributed by atoms with E-state index in [-0.39, 0.29) is 11.3 Å². The minimum absolute atomic E-state index is 0.0545. The summed E-state index contributed by atoms with van der Waals surface area (Å²) in [5, 5.41) is 23.6. The predicted molar refractivity (Wildman–Crippen MR) is 77.7 cm³/mol. The van der Waals surface area contributed by atoms with Crippen LogP contribution in [0.25, 0.3) is 0 Å². The number of nitrogens with zero attached hydrogens (tertiary/aromatic N) is 2. The summed E-state index contributed by atoms with van der Waals surface area (Å²) in [4.78, 5) is 21.2. The summed E-state index contributed by atoms with van der Waals surface area (Å²) in [7, 11) is 0. The van der Waals surface area contributed by atoms with Crippen molar-refractivity contribution in [3.8, 4) is 0 Å². The Kier molecular flexibility index (Phi) is 4.25. The summed E-state index contributed by atoms with van der Waals surface area (Å²) >= 11 is 0. The molecule has 0 fully saturated rings. The van der Waals surface area contributed by atoms with Gasteiger partial charge in [-0.25, -0.2) is 4.79 Å². The van der Waals surface area contributed by atoms with Crippen LogP contribution >= 0.6 is 0 Å². The molecule has 0 radical (unpaired) electrons. The molecule has 0 aliphatic rings. The van der Waals surface area contributed by atoms with Crippen LogP contribution in [0, 0.1) is 10.1 Å². The highest BCUT2D eigenvalue weighted by molar-refractivity contribution is 5.98. The molecule has 106 valence electrons. The van der Waals surface area contributed by atoms with Crippen LogP contribution < -0.4 is 5.43 Å². The molecule has 0 aliphatic carbocycles. The molecule has 7 nitrogen and oxygen atoms in total. The van der Waals surface area contributed by atoms with Crippen molar-refractivity contribution in [2.75, 3.05) is 5.43 Å². The Balaban J connectivity index is 2.15. The van der Waals surface area contributed by atoms with Gasteiger partial charge in [0, 0.05) is 17.7 Å². The van der Waals surface area contributed by atoms with Crippen LogP contribution in [-0.2, 0) is 0 Å². The first kappa shape index (κ1) is 14.2. The van der Waals surface area contributed by atoms with E-state index in [0.717, 1.165) is 0 Å². The molecule has 0 bridgehead atoms. The van der Waals surface area contributed by atoms with E-state index in [1.54, 1.807) is 24.3 Å². The van der Waals surface area contributed by atoms with Crippen molar-refractivity contribution in [1.29, 1.82) is 0 Å². The van der Waals surface area contributed by atoms with Crippen molar-refractivity contribution in [1.82, 2.24) is 0 Å². The van der Waals surface area contributed by atoms with Gasteiger partial charge in [0.25, 0.3) is 5.69 Å². The van der Waals surface area contributed by atoms with Gasteiger partial charge in [0.15, 0.2) is 0 Å². The van der Waals surface area contributed by atoms with Gasteiger partial charge >= 0.3 is 5.97 Å². The third kappa shape index (κ3) is 3.63. The summed E-state index contributed by atoms with van der Waals surface area (Å²) in [5.74, 6) is -1.05. The van der Waals surface area contributed by atoms with Crippen molar-refractivity contribution in [2.45, 2.75) is 0 Å². The molecule has 2 N–H and O–H groups in total. The number of hydrazone groups is 1. The molecule has 0 amide bonds. The van der Waals surface area contributed by atoms with Gasteiger partial charge in [0.2, 0.25) is 0 Å². The Labute approximate surface area is 119 Å². The fourth-order valence-electron chi connectivity index (χ4n) is 1.67.